The third-order valence-corrected chi connectivity index (χ3v) is 3.11. The number of hydrogen-bond acceptors (Lipinski definition) is 1. The van der Waals surface area contributed by atoms with Crippen molar-refractivity contribution in [3.63, 3.8) is 0 Å². The van der Waals surface area contributed by atoms with Crippen LogP contribution >= 0.6 is 0 Å². The molecule has 0 aliphatic rings. The van der Waals surface area contributed by atoms with Gasteiger partial charge in [-0.25, -0.2) is 0 Å². The molecule has 0 saturated heterocycles. The van der Waals surface area contributed by atoms with Crippen molar-refractivity contribution in [1.29, 1.82) is 0 Å². The highest BCUT2D eigenvalue weighted by molar-refractivity contribution is 5.52. The van der Waals surface area contributed by atoms with E-state index in [4.69, 9.17) is 5.11 Å². The van der Waals surface area contributed by atoms with Gasteiger partial charge in [0, 0.05) is 6.61 Å². The molecule has 1 nitrogen and oxygen atoms in total. The van der Waals surface area contributed by atoms with Gasteiger partial charge in [0.1, 0.15) is 0 Å². The third-order valence-electron chi connectivity index (χ3n) is 3.11. The molecule has 0 fully saturated rings. The minimum absolute atomic E-state index is 0.269. The van der Waals surface area contributed by atoms with Crippen LogP contribution in [0.25, 0.3) is 6.08 Å². The number of aryl methyl sites for hydroxylation is 1. The van der Waals surface area contributed by atoms with Gasteiger partial charge in [0.05, 0.1) is 0 Å². The molecule has 0 heterocycles. The second kappa shape index (κ2) is 8.71. The fourth-order valence-corrected chi connectivity index (χ4v) is 2.01. The zero-order valence-electron chi connectivity index (χ0n) is 12.4. The molecular formula is C18H26O. The lowest BCUT2D eigenvalue weighted by Gasteiger charge is -2.02. The van der Waals surface area contributed by atoms with E-state index < -0.39 is 0 Å². The molecule has 0 amide bonds. The molecule has 1 aromatic carbocycles. The minimum Gasteiger partial charge on any atom is -0.396 e. The average molecular weight is 258 g/mol. The van der Waals surface area contributed by atoms with Crippen LogP contribution in [0.1, 0.15) is 51.2 Å². The van der Waals surface area contributed by atoms with Gasteiger partial charge >= 0.3 is 0 Å². The number of aliphatic hydroxyl groups excluding tert-OH is 1. The van der Waals surface area contributed by atoms with Crippen LogP contribution in [0.4, 0.5) is 0 Å². The maximum atomic E-state index is 8.81. The molecule has 19 heavy (non-hydrogen) atoms. The van der Waals surface area contributed by atoms with E-state index in [0.29, 0.717) is 0 Å². The van der Waals surface area contributed by atoms with Gasteiger partial charge in [0.25, 0.3) is 0 Å². The van der Waals surface area contributed by atoms with Crippen molar-refractivity contribution < 1.29 is 5.11 Å². The summed E-state index contributed by atoms with van der Waals surface area (Å²) in [6, 6.07) is 8.64. The molecule has 0 spiro atoms. The van der Waals surface area contributed by atoms with Crippen LogP contribution in [0, 0.1) is 0 Å². The second-order valence-corrected chi connectivity index (χ2v) is 5.38. The van der Waals surface area contributed by atoms with Crippen molar-refractivity contribution in [3.8, 4) is 0 Å². The summed E-state index contributed by atoms with van der Waals surface area (Å²) in [6.45, 7) is 6.75. The maximum absolute atomic E-state index is 8.81. The van der Waals surface area contributed by atoms with E-state index in [-0.39, 0.29) is 6.61 Å². The highest BCUT2D eigenvalue weighted by Gasteiger charge is 1.95. The first kappa shape index (κ1) is 15.7. The Labute approximate surface area is 117 Å². The van der Waals surface area contributed by atoms with Crippen molar-refractivity contribution in [3.05, 3.63) is 52.6 Å². The van der Waals surface area contributed by atoms with Crippen LogP contribution < -0.4 is 0 Å². The lowest BCUT2D eigenvalue weighted by molar-refractivity contribution is 0.288. The van der Waals surface area contributed by atoms with E-state index >= 15 is 0 Å². The van der Waals surface area contributed by atoms with E-state index in [1.165, 1.54) is 22.3 Å². The highest BCUT2D eigenvalue weighted by Crippen LogP contribution is 2.14. The van der Waals surface area contributed by atoms with Crippen LogP contribution in [-0.2, 0) is 6.42 Å². The normalized spacial score (nSPS) is 11.5. The Hall–Kier alpha value is -1.34. The van der Waals surface area contributed by atoms with Gasteiger partial charge < -0.3 is 5.11 Å². The van der Waals surface area contributed by atoms with Gasteiger partial charge in [-0.15, -0.1) is 0 Å². The molecule has 0 atom stereocenters. The van der Waals surface area contributed by atoms with Crippen molar-refractivity contribution >= 4 is 6.08 Å². The van der Waals surface area contributed by atoms with E-state index in [2.05, 4.69) is 57.2 Å². The summed E-state index contributed by atoms with van der Waals surface area (Å²) < 4.78 is 0. The van der Waals surface area contributed by atoms with E-state index in [1.807, 2.05) is 0 Å². The molecule has 0 aromatic heterocycles. The zero-order chi connectivity index (χ0) is 14.1. The second-order valence-electron chi connectivity index (χ2n) is 5.38. The topological polar surface area (TPSA) is 20.2 Å². The SMILES string of the molecule is CC(C)=CCC/C(C)=C/c1ccc(CCCO)cc1. The number of rotatable bonds is 7. The Bertz CT molecular complexity index is 420. The highest BCUT2D eigenvalue weighted by atomic mass is 16.2. The number of aliphatic hydroxyl groups is 1. The molecule has 104 valence electrons. The van der Waals surface area contributed by atoms with Crippen LogP contribution in [0.3, 0.4) is 0 Å². The Kier molecular flexibility index (Phi) is 7.20. The lowest BCUT2D eigenvalue weighted by Crippen LogP contribution is -1.89. The molecule has 1 heteroatoms. The monoisotopic (exact) mass is 258 g/mol. The van der Waals surface area contributed by atoms with Crippen molar-refractivity contribution in [2.75, 3.05) is 6.61 Å². The predicted octanol–water partition coefficient (Wildman–Crippen LogP) is 4.76. The lowest BCUT2D eigenvalue weighted by atomic mass is 10.0. The standard InChI is InChI=1S/C18H26O/c1-15(2)6-4-7-16(3)14-18-11-9-17(10-12-18)8-5-13-19/h6,9-12,14,19H,4-5,7-8,13H2,1-3H3/b16-14+. The Morgan fingerprint density at radius 1 is 1.11 bits per heavy atom. The molecule has 0 aliphatic heterocycles. The molecule has 1 rings (SSSR count). The van der Waals surface area contributed by atoms with Gasteiger partial charge in [0.2, 0.25) is 0 Å². The summed E-state index contributed by atoms with van der Waals surface area (Å²) in [5, 5.41) is 8.81. The molecule has 0 unspecified atom stereocenters. The molecule has 0 aliphatic carbocycles. The van der Waals surface area contributed by atoms with Gasteiger partial charge in [-0.2, -0.15) is 0 Å². The van der Waals surface area contributed by atoms with E-state index in [9.17, 15) is 0 Å². The summed E-state index contributed by atoms with van der Waals surface area (Å²) in [6.07, 6.45) is 8.59. The fourth-order valence-electron chi connectivity index (χ4n) is 2.01. The molecule has 1 aromatic rings. The maximum Gasteiger partial charge on any atom is 0.0434 e. The predicted molar refractivity (Wildman–Crippen MR) is 84.2 cm³/mol. The largest absolute Gasteiger partial charge is 0.396 e. The van der Waals surface area contributed by atoms with Gasteiger partial charge in [-0.05, 0) is 57.6 Å². The summed E-state index contributed by atoms with van der Waals surface area (Å²) in [5.41, 5.74) is 5.37. The van der Waals surface area contributed by atoms with Crippen LogP contribution in [0.5, 0.6) is 0 Å². The molecule has 0 bridgehead atoms. The van der Waals surface area contributed by atoms with E-state index in [1.54, 1.807) is 0 Å². The Balaban J connectivity index is 2.53. The van der Waals surface area contributed by atoms with Crippen LogP contribution in [0.15, 0.2) is 41.5 Å². The minimum atomic E-state index is 0.269. The Morgan fingerprint density at radius 3 is 2.37 bits per heavy atom. The molecule has 0 radical (unpaired) electrons. The van der Waals surface area contributed by atoms with Gasteiger partial charge in [0.15, 0.2) is 0 Å². The number of allylic oxidation sites excluding steroid dienone is 3. The molecule has 0 saturated carbocycles. The summed E-state index contributed by atoms with van der Waals surface area (Å²) in [5.74, 6) is 0. The molecule has 1 N–H and O–H groups in total. The quantitative estimate of drug-likeness (QED) is 0.699. The Morgan fingerprint density at radius 2 is 1.79 bits per heavy atom. The van der Waals surface area contributed by atoms with Crippen LogP contribution in [0.2, 0.25) is 0 Å². The third kappa shape index (κ3) is 6.97. The first-order valence-corrected chi connectivity index (χ1v) is 7.12. The van der Waals surface area contributed by atoms with Crippen LogP contribution in [-0.4, -0.2) is 11.7 Å². The average Bonchev–Trinajstić information content (AvgIpc) is 2.37. The van der Waals surface area contributed by atoms with Crippen molar-refractivity contribution in [1.82, 2.24) is 0 Å². The van der Waals surface area contributed by atoms with Gasteiger partial charge in [-0.3, -0.25) is 0 Å². The number of benzene rings is 1. The van der Waals surface area contributed by atoms with Crippen molar-refractivity contribution in [2.24, 2.45) is 0 Å². The van der Waals surface area contributed by atoms with E-state index in [0.717, 1.165) is 25.7 Å². The van der Waals surface area contributed by atoms with Gasteiger partial charge in [-0.1, -0.05) is 47.6 Å². The fraction of sp³-hybridized carbons (Fsp3) is 0.444. The summed E-state index contributed by atoms with van der Waals surface area (Å²) >= 11 is 0. The first-order chi connectivity index (χ1) is 9.11. The number of hydrogen-bond donors (Lipinski definition) is 1. The summed E-state index contributed by atoms with van der Waals surface area (Å²) in [7, 11) is 0. The smallest absolute Gasteiger partial charge is 0.0434 e. The van der Waals surface area contributed by atoms with Crippen molar-refractivity contribution in [2.45, 2.75) is 46.5 Å². The summed E-state index contributed by atoms with van der Waals surface area (Å²) in [4.78, 5) is 0. The zero-order valence-corrected chi connectivity index (χ0v) is 12.4. The molecular weight excluding hydrogens is 232 g/mol. The first-order valence-electron chi connectivity index (χ1n) is 7.12.